The molecule has 0 atom stereocenters. The van der Waals surface area contributed by atoms with Crippen LogP contribution in [0.25, 0.3) is 0 Å². The fraction of sp³-hybridized carbons (Fsp3) is 0.500. The third-order valence-electron chi connectivity index (χ3n) is 2.19. The molecule has 1 aliphatic rings. The minimum Gasteiger partial charge on any atom is -0.490 e. The van der Waals surface area contributed by atoms with E-state index in [1.165, 1.54) is 0 Å². The molecule has 4 heteroatoms. The molecule has 0 saturated carbocycles. The molecule has 1 saturated heterocycles. The lowest BCUT2D eigenvalue weighted by molar-refractivity contribution is 0.339. The van der Waals surface area contributed by atoms with Crippen molar-refractivity contribution in [1.29, 1.82) is 0 Å². The van der Waals surface area contributed by atoms with Gasteiger partial charge in [-0.05, 0) is 19.1 Å². The van der Waals surface area contributed by atoms with Gasteiger partial charge in [-0.1, -0.05) is 0 Å². The van der Waals surface area contributed by atoms with Crippen molar-refractivity contribution in [3.05, 3.63) is 18.3 Å². The predicted octanol–water partition coefficient (Wildman–Crippen LogP) is 0.864. The maximum absolute atomic E-state index is 5.46. The molecule has 0 radical (unpaired) electrons. The van der Waals surface area contributed by atoms with Gasteiger partial charge in [0, 0.05) is 19.3 Å². The van der Waals surface area contributed by atoms with Crippen molar-refractivity contribution < 1.29 is 4.74 Å². The molecule has 1 aromatic heterocycles. The monoisotopic (exact) mass is 193 g/mol. The first-order valence-electron chi connectivity index (χ1n) is 4.95. The molecule has 2 heterocycles. The first-order valence-corrected chi connectivity index (χ1v) is 4.95. The Morgan fingerprint density at radius 2 is 2.50 bits per heavy atom. The van der Waals surface area contributed by atoms with E-state index >= 15 is 0 Å². The molecule has 1 aliphatic heterocycles. The molecule has 0 unspecified atom stereocenters. The average Bonchev–Trinajstić information content (AvgIpc) is 2.14. The van der Waals surface area contributed by atoms with Crippen LogP contribution >= 0.6 is 0 Å². The minimum atomic E-state index is 0.490. The van der Waals surface area contributed by atoms with Gasteiger partial charge in [0.1, 0.15) is 0 Å². The maximum atomic E-state index is 5.46. The van der Waals surface area contributed by atoms with Gasteiger partial charge in [0.25, 0.3) is 0 Å². The Bertz CT molecular complexity index is 299. The second-order valence-electron chi connectivity index (χ2n) is 3.28. The number of hydrogen-bond acceptors (Lipinski definition) is 4. The number of rotatable bonds is 4. The normalized spacial score (nSPS) is 16.1. The van der Waals surface area contributed by atoms with Crippen molar-refractivity contribution in [2.45, 2.75) is 13.0 Å². The summed E-state index contributed by atoms with van der Waals surface area (Å²) in [6, 6.07) is 4.31. The number of aromatic nitrogens is 1. The standard InChI is InChI=1S/C10H15N3O/c1-2-14-9-4-3-5-12-10(9)13-8-6-11-7-8/h3-5,8,11H,2,6-7H2,1H3,(H,12,13). The second-order valence-corrected chi connectivity index (χ2v) is 3.28. The quantitative estimate of drug-likeness (QED) is 0.744. The summed E-state index contributed by atoms with van der Waals surface area (Å²) in [6.45, 7) is 4.65. The maximum Gasteiger partial charge on any atom is 0.169 e. The Kier molecular flexibility index (Phi) is 2.84. The van der Waals surface area contributed by atoms with Crippen LogP contribution in [0.2, 0.25) is 0 Å². The van der Waals surface area contributed by atoms with Crippen molar-refractivity contribution in [2.75, 3.05) is 25.0 Å². The Labute approximate surface area is 83.7 Å². The number of nitrogens with zero attached hydrogens (tertiary/aromatic N) is 1. The van der Waals surface area contributed by atoms with Gasteiger partial charge in [0.05, 0.1) is 12.6 Å². The lowest BCUT2D eigenvalue weighted by Crippen LogP contribution is -2.51. The van der Waals surface area contributed by atoms with E-state index in [-0.39, 0.29) is 0 Å². The summed E-state index contributed by atoms with van der Waals surface area (Å²) in [5.74, 6) is 1.68. The highest BCUT2D eigenvalue weighted by Gasteiger charge is 2.18. The fourth-order valence-corrected chi connectivity index (χ4v) is 1.36. The lowest BCUT2D eigenvalue weighted by Gasteiger charge is -2.28. The third-order valence-corrected chi connectivity index (χ3v) is 2.19. The van der Waals surface area contributed by atoms with E-state index in [1.54, 1.807) is 6.20 Å². The van der Waals surface area contributed by atoms with Crippen LogP contribution in [0.5, 0.6) is 5.75 Å². The van der Waals surface area contributed by atoms with Crippen molar-refractivity contribution in [3.63, 3.8) is 0 Å². The Morgan fingerprint density at radius 3 is 3.14 bits per heavy atom. The van der Waals surface area contributed by atoms with E-state index < -0.39 is 0 Å². The number of nitrogens with one attached hydrogen (secondary N) is 2. The van der Waals surface area contributed by atoms with E-state index in [0.717, 1.165) is 24.7 Å². The van der Waals surface area contributed by atoms with Crippen molar-refractivity contribution >= 4 is 5.82 Å². The summed E-state index contributed by atoms with van der Waals surface area (Å²) in [6.07, 6.45) is 1.77. The summed E-state index contributed by atoms with van der Waals surface area (Å²) in [5.41, 5.74) is 0. The van der Waals surface area contributed by atoms with E-state index in [1.807, 2.05) is 19.1 Å². The molecule has 76 valence electrons. The van der Waals surface area contributed by atoms with Gasteiger partial charge in [0.15, 0.2) is 11.6 Å². The SMILES string of the molecule is CCOc1cccnc1NC1CNC1. The molecule has 2 rings (SSSR count). The first kappa shape index (κ1) is 9.27. The minimum absolute atomic E-state index is 0.490. The van der Waals surface area contributed by atoms with Gasteiger partial charge in [-0.3, -0.25) is 0 Å². The van der Waals surface area contributed by atoms with Crippen LogP contribution in [-0.4, -0.2) is 30.7 Å². The highest BCUT2D eigenvalue weighted by atomic mass is 16.5. The predicted molar refractivity (Wildman–Crippen MR) is 55.7 cm³/mol. The van der Waals surface area contributed by atoms with Gasteiger partial charge < -0.3 is 15.4 Å². The summed E-state index contributed by atoms with van der Waals surface area (Å²) in [5, 5.41) is 6.53. The first-order chi connectivity index (χ1) is 6.90. The van der Waals surface area contributed by atoms with Crippen LogP contribution < -0.4 is 15.4 Å². The average molecular weight is 193 g/mol. The zero-order chi connectivity index (χ0) is 9.80. The highest BCUT2D eigenvalue weighted by molar-refractivity contribution is 5.50. The zero-order valence-electron chi connectivity index (χ0n) is 8.29. The molecule has 4 nitrogen and oxygen atoms in total. The van der Waals surface area contributed by atoms with E-state index in [9.17, 15) is 0 Å². The Balaban J connectivity index is 2.05. The molecule has 2 N–H and O–H groups in total. The van der Waals surface area contributed by atoms with Gasteiger partial charge in [0.2, 0.25) is 0 Å². The number of pyridine rings is 1. The van der Waals surface area contributed by atoms with Crippen LogP contribution in [0.15, 0.2) is 18.3 Å². The molecular weight excluding hydrogens is 178 g/mol. The van der Waals surface area contributed by atoms with Gasteiger partial charge in [-0.2, -0.15) is 0 Å². The molecule has 1 fully saturated rings. The number of ether oxygens (including phenoxy) is 1. The van der Waals surface area contributed by atoms with Gasteiger partial charge in [-0.15, -0.1) is 0 Å². The molecule has 0 aromatic carbocycles. The van der Waals surface area contributed by atoms with Gasteiger partial charge >= 0.3 is 0 Å². The van der Waals surface area contributed by atoms with Crippen LogP contribution in [-0.2, 0) is 0 Å². The van der Waals surface area contributed by atoms with Crippen molar-refractivity contribution in [3.8, 4) is 5.75 Å². The highest BCUT2D eigenvalue weighted by Crippen LogP contribution is 2.21. The third kappa shape index (κ3) is 1.96. The summed E-state index contributed by atoms with van der Waals surface area (Å²) in [7, 11) is 0. The van der Waals surface area contributed by atoms with Gasteiger partial charge in [-0.25, -0.2) is 4.98 Å². The molecule has 0 aliphatic carbocycles. The molecular formula is C10H15N3O. The van der Waals surface area contributed by atoms with Crippen LogP contribution in [0.1, 0.15) is 6.92 Å². The fourth-order valence-electron chi connectivity index (χ4n) is 1.36. The van der Waals surface area contributed by atoms with E-state index in [2.05, 4.69) is 15.6 Å². The molecule has 0 amide bonds. The molecule has 1 aromatic rings. The van der Waals surface area contributed by atoms with Crippen LogP contribution in [0.4, 0.5) is 5.82 Å². The summed E-state index contributed by atoms with van der Waals surface area (Å²) >= 11 is 0. The van der Waals surface area contributed by atoms with Crippen LogP contribution in [0.3, 0.4) is 0 Å². The Hall–Kier alpha value is -1.29. The summed E-state index contributed by atoms with van der Waals surface area (Å²) in [4.78, 5) is 4.26. The van der Waals surface area contributed by atoms with Crippen LogP contribution in [0, 0.1) is 0 Å². The lowest BCUT2D eigenvalue weighted by atomic mass is 10.2. The van der Waals surface area contributed by atoms with Crippen molar-refractivity contribution in [1.82, 2.24) is 10.3 Å². The topological polar surface area (TPSA) is 46.2 Å². The molecule has 14 heavy (non-hydrogen) atoms. The largest absolute Gasteiger partial charge is 0.490 e. The molecule has 0 spiro atoms. The van der Waals surface area contributed by atoms with E-state index in [4.69, 9.17) is 4.74 Å². The number of hydrogen-bond donors (Lipinski definition) is 2. The second kappa shape index (κ2) is 4.28. The summed E-state index contributed by atoms with van der Waals surface area (Å²) < 4.78 is 5.46. The Morgan fingerprint density at radius 1 is 1.64 bits per heavy atom. The molecule has 0 bridgehead atoms. The van der Waals surface area contributed by atoms with E-state index in [0.29, 0.717) is 12.6 Å². The zero-order valence-corrected chi connectivity index (χ0v) is 8.29. The van der Waals surface area contributed by atoms with Crippen molar-refractivity contribution in [2.24, 2.45) is 0 Å². The number of anilines is 1. The smallest absolute Gasteiger partial charge is 0.169 e.